The van der Waals surface area contributed by atoms with Crippen LogP contribution in [0.3, 0.4) is 0 Å². The number of carbonyl (C=O) groups is 1. The Morgan fingerprint density at radius 1 is 1.17 bits per heavy atom. The van der Waals surface area contributed by atoms with Crippen LogP contribution < -0.4 is 0 Å². The van der Waals surface area contributed by atoms with Gasteiger partial charge in [-0.25, -0.2) is 0 Å². The molecule has 2 aliphatic rings. The Morgan fingerprint density at radius 2 is 1.96 bits per heavy atom. The highest BCUT2D eigenvalue weighted by molar-refractivity contribution is 5.79. The van der Waals surface area contributed by atoms with E-state index in [-0.39, 0.29) is 5.92 Å². The Bertz CT molecular complexity index is 523. The van der Waals surface area contributed by atoms with Gasteiger partial charge in [-0.05, 0) is 38.6 Å². The number of nitrogens with zero attached hydrogens (tertiary/aromatic N) is 4. The summed E-state index contributed by atoms with van der Waals surface area (Å²) >= 11 is 0. The summed E-state index contributed by atoms with van der Waals surface area (Å²) in [5, 5.41) is 4.02. The van der Waals surface area contributed by atoms with Crippen molar-refractivity contribution < 1.29 is 9.32 Å². The number of carbonyl (C=O) groups excluding carboxylic acids is 1. The molecule has 24 heavy (non-hydrogen) atoms. The van der Waals surface area contributed by atoms with E-state index in [1.807, 2.05) is 0 Å². The van der Waals surface area contributed by atoms with Crippen LogP contribution in [-0.4, -0.2) is 52.0 Å². The van der Waals surface area contributed by atoms with E-state index in [0.29, 0.717) is 18.3 Å². The molecule has 6 heteroatoms. The number of likely N-dealkylation sites (tertiary alicyclic amines) is 2. The average molecular weight is 334 g/mol. The zero-order valence-electron chi connectivity index (χ0n) is 14.9. The molecule has 1 amide bonds. The first-order valence-electron chi connectivity index (χ1n) is 9.59. The number of piperidine rings is 1. The first-order chi connectivity index (χ1) is 11.8. The molecule has 0 saturated carbocycles. The van der Waals surface area contributed by atoms with Gasteiger partial charge in [-0.2, -0.15) is 4.98 Å². The van der Waals surface area contributed by atoms with Gasteiger partial charge < -0.3 is 9.42 Å². The van der Waals surface area contributed by atoms with Crippen LogP contribution in [0, 0.1) is 5.92 Å². The number of rotatable bonds is 5. The van der Waals surface area contributed by atoms with Crippen molar-refractivity contribution in [2.45, 2.75) is 64.8 Å². The Balaban J connectivity index is 1.54. The Labute approximate surface area is 144 Å². The minimum Gasteiger partial charge on any atom is -0.342 e. The fraction of sp³-hybridized carbons (Fsp3) is 0.833. The number of aryl methyl sites for hydroxylation is 1. The van der Waals surface area contributed by atoms with Gasteiger partial charge in [-0.15, -0.1) is 0 Å². The number of hydrogen-bond acceptors (Lipinski definition) is 5. The zero-order valence-corrected chi connectivity index (χ0v) is 14.9. The third-order valence-corrected chi connectivity index (χ3v) is 5.12. The first kappa shape index (κ1) is 17.4. The molecule has 2 fully saturated rings. The van der Waals surface area contributed by atoms with E-state index in [1.165, 1.54) is 12.8 Å². The second-order valence-corrected chi connectivity index (χ2v) is 7.17. The molecule has 2 saturated heterocycles. The SMILES string of the molecule is CCCc1noc(CN2CCC[C@@H](C(=O)N3CCCCCC3)C2)n1. The van der Waals surface area contributed by atoms with Gasteiger partial charge in [0.05, 0.1) is 12.5 Å². The van der Waals surface area contributed by atoms with Crippen LogP contribution in [0.5, 0.6) is 0 Å². The predicted molar refractivity (Wildman–Crippen MR) is 91.3 cm³/mol. The maximum Gasteiger partial charge on any atom is 0.240 e. The molecule has 1 aromatic heterocycles. The van der Waals surface area contributed by atoms with E-state index in [2.05, 4.69) is 26.9 Å². The number of hydrogen-bond donors (Lipinski definition) is 0. The lowest BCUT2D eigenvalue weighted by molar-refractivity contribution is -0.137. The minimum atomic E-state index is 0.134. The average Bonchev–Trinajstić information content (AvgIpc) is 2.86. The molecule has 0 radical (unpaired) electrons. The Morgan fingerprint density at radius 3 is 2.71 bits per heavy atom. The lowest BCUT2D eigenvalue weighted by atomic mass is 9.96. The van der Waals surface area contributed by atoms with Gasteiger partial charge in [0.15, 0.2) is 5.82 Å². The van der Waals surface area contributed by atoms with E-state index in [1.54, 1.807) is 0 Å². The van der Waals surface area contributed by atoms with Gasteiger partial charge in [-0.1, -0.05) is 24.9 Å². The second kappa shape index (κ2) is 8.60. The molecule has 2 aliphatic heterocycles. The Hall–Kier alpha value is -1.43. The normalized spacial score (nSPS) is 23.2. The molecule has 134 valence electrons. The summed E-state index contributed by atoms with van der Waals surface area (Å²) in [6, 6.07) is 0. The number of amides is 1. The molecular formula is C18H30N4O2. The molecule has 3 rings (SSSR count). The molecule has 1 aromatic rings. The van der Waals surface area contributed by atoms with E-state index in [0.717, 1.165) is 70.5 Å². The van der Waals surface area contributed by atoms with Crippen molar-refractivity contribution in [1.82, 2.24) is 19.9 Å². The lowest BCUT2D eigenvalue weighted by Gasteiger charge is -2.34. The van der Waals surface area contributed by atoms with E-state index >= 15 is 0 Å². The van der Waals surface area contributed by atoms with Crippen molar-refractivity contribution >= 4 is 5.91 Å². The highest BCUT2D eigenvalue weighted by Gasteiger charge is 2.30. The molecule has 0 aromatic carbocycles. The molecule has 0 N–H and O–H groups in total. The molecule has 0 unspecified atom stereocenters. The van der Waals surface area contributed by atoms with Crippen molar-refractivity contribution in [1.29, 1.82) is 0 Å². The summed E-state index contributed by atoms with van der Waals surface area (Å²) in [6.07, 6.45) is 8.80. The predicted octanol–water partition coefficient (Wildman–Crippen LogP) is 2.64. The summed E-state index contributed by atoms with van der Waals surface area (Å²) in [5.41, 5.74) is 0. The van der Waals surface area contributed by atoms with Crippen molar-refractivity contribution in [2.24, 2.45) is 5.92 Å². The smallest absolute Gasteiger partial charge is 0.240 e. The van der Waals surface area contributed by atoms with Crippen LogP contribution in [-0.2, 0) is 17.8 Å². The van der Waals surface area contributed by atoms with Crippen LogP contribution in [0.4, 0.5) is 0 Å². The molecule has 1 atom stereocenters. The van der Waals surface area contributed by atoms with Crippen LogP contribution in [0.25, 0.3) is 0 Å². The standard InChI is InChI=1S/C18H30N4O2/c1-2-8-16-19-17(24-20-16)14-21-10-7-9-15(13-21)18(23)22-11-5-3-4-6-12-22/h15H,2-14H2,1H3/t15-/m1/s1. The third-order valence-electron chi connectivity index (χ3n) is 5.12. The van der Waals surface area contributed by atoms with Gasteiger partial charge in [-0.3, -0.25) is 9.69 Å². The molecule has 0 spiro atoms. The quantitative estimate of drug-likeness (QED) is 0.828. The van der Waals surface area contributed by atoms with Gasteiger partial charge in [0.25, 0.3) is 0 Å². The minimum absolute atomic E-state index is 0.134. The summed E-state index contributed by atoms with van der Waals surface area (Å²) < 4.78 is 5.35. The molecular weight excluding hydrogens is 304 g/mol. The fourth-order valence-electron chi connectivity index (χ4n) is 3.82. The largest absolute Gasteiger partial charge is 0.342 e. The van der Waals surface area contributed by atoms with Crippen molar-refractivity contribution in [3.8, 4) is 0 Å². The fourth-order valence-corrected chi connectivity index (χ4v) is 3.82. The summed E-state index contributed by atoms with van der Waals surface area (Å²) in [5.74, 6) is 1.97. The van der Waals surface area contributed by atoms with Crippen molar-refractivity contribution in [2.75, 3.05) is 26.2 Å². The van der Waals surface area contributed by atoms with Crippen molar-refractivity contribution in [3.63, 3.8) is 0 Å². The van der Waals surface area contributed by atoms with Crippen LogP contribution in [0.1, 0.15) is 63.6 Å². The molecule has 0 bridgehead atoms. The maximum atomic E-state index is 12.8. The van der Waals surface area contributed by atoms with Gasteiger partial charge in [0.1, 0.15) is 0 Å². The zero-order chi connectivity index (χ0) is 16.8. The molecule has 0 aliphatic carbocycles. The lowest BCUT2D eigenvalue weighted by Crippen LogP contribution is -2.44. The van der Waals surface area contributed by atoms with E-state index in [9.17, 15) is 4.79 Å². The van der Waals surface area contributed by atoms with E-state index in [4.69, 9.17) is 4.52 Å². The Kier molecular flexibility index (Phi) is 6.24. The molecule has 3 heterocycles. The van der Waals surface area contributed by atoms with Gasteiger partial charge in [0.2, 0.25) is 11.8 Å². The molecule has 6 nitrogen and oxygen atoms in total. The van der Waals surface area contributed by atoms with Crippen LogP contribution >= 0.6 is 0 Å². The highest BCUT2D eigenvalue weighted by atomic mass is 16.5. The number of aromatic nitrogens is 2. The summed E-state index contributed by atoms with van der Waals surface area (Å²) in [4.78, 5) is 21.7. The summed E-state index contributed by atoms with van der Waals surface area (Å²) in [6.45, 7) is 6.50. The summed E-state index contributed by atoms with van der Waals surface area (Å²) in [7, 11) is 0. The second-order valence-electron chi connectivity index (χ2n) is 7.17. The topological polar surface area (TPSA) is 62.5 Å². The van der Waals surface area contributed by atoms with Crippen molar-refractivity contribution in [3.05, 3.63) is 11.7 Å². The van der Waals surface area contributed by atoms with Gasteiger partial charge in [0, 0.05) is 26.1 Å². The van der Waals surface area contributed by atoms with Crippen LogP contribution in [0.15, 0.2) is 4.52 Å². The first-order valence-corrected chi connectivity index (χ1v) is 9.59. The van der Waals surface area contributed by atoms with Crippen LogP contribution in [0.2, 0.25) is 0 Å². The third kappa shape index (κ3) is 4.56. The highest BCUT2D eigenvalue weighted by Crippen LogP contribution is 2.22. The monoisotopic (exact) mass is 334 g/mol. The maximum absolute atomic E-state index is 12.8. The van der Waals surface area contributed by atoms with Gasteiger partial charge >= 0.3 is 0 Å². The van der Waals surface area contributed by atoms with E-state index < -0.39 is 0 Å².